The minimum Gasteiger partial charge on any atom is -0.353 e. The second kappa shape index (κ2) is 6.10. The summed E-state index contributed by atoms with van der Waals surface area (Å²) in [6.45, 7) is 7.52. The first kappa shape index (κ1) is 14.8. The molecule has 3 nitrogen and oxygen atoms in total. The van der Waals surface area contributed by atoms with Gasteiger partial charge in [0.25, 0.3) is 0 Å². The van der Waals surface area contributed by atoms with Crippen molar-refractivity contribution in [2.24, 2.45) is 0 Å². The van der Waals surface area contributed by atoms with Gasteiger partial charge in [-0.3, -0.25) is 4.79 Å². The standard InChI is InChI=1S/C13H26N2OS/c1-5-15-12(2,3)11(16)14-10-13(17-4)8-6-7-9-13/h15H,5-10H2,1-4H3,(H,14,16). The Balaban J connectivity index is 2.46. The molecule has 0 unspecified atom stereocenters. The van der Waals surface area contributed by atoms with Crippen molar-refractivity contribution in [1.82, 2.24) is 10.6 Å². The molecule has 1 aliphatic carbocycles. The van der Waals surface area contributed by atoms with E-state index in [4.69, 9.17) is 0 Å². The van der Waals surface area contributed by atoms with E-state index in [1.165, 1.54) is 25.7 Å². The van der Waals surface area contributed by atoms with Crippen molar-refractivity contribution < 1.29 is 4.79 Å². The summed E-state index contributed by atoms with van der Waals surface area (Å²) < 4.78 is 0.290. The number of rotatable bonds is 6. The highest BCUT2D eigenvalue weighted by molar-refractivity contribution is 8.00. The highest BCUT2D eigenvalue weighted by Crippen LogP contribution is 2.39. The molecule has 0 atom stereocenters. The first-order chi connectivity index (χ1) is 7.96. The maximum atomic E-state index is 12.1. The number of amides is 1. The molecule has 0 spiro atoms. The fourth-order valence-electron chi connectivity index (χ4n) is 2.46. The van der Waals surface area contributed by atoms with E-state index in [9.17, 15) is 4.79 Å². The summed E-state index contributed by atoms with van der Waals surface area (Å²) in [6, 6.07) is 0. The van der Waals surface area contributed by atoms with Crippen LogP contribution in [0.3, 0.4) is 0 Å². The largest absolute Gasteiger partial charge is 0.353 e. The quantitative estimate of drug-likeness (QED) is 0.767. The lowest BCUT2D eigenvalue weighted by Gasteiger charge is -2.30. The molecule has 4 heteroatoms. The normalized spacial score (nSPS) is 19.3. The smallest absolute Gasteiger partial charge is 0.239 e. The Hall–Kier alpha value is -0.220. The molecule has 1 amide bonds. The van der Waals surface area contributed by atoms with Crippen LogP contribution in [-0.4, -0.2) is 35.5 Å². The van der Waals surface area contributed by atoms with Crippen LogP contribution in [0.4, 0.5) is 0 Å². The van der Waals surface area contributed by atoms with Gasteiger partial charge >= 0.3 is 0 Å². The fraction of sp³-hybridized carbons (Fsp3) is 0.923. The molecule has 1 saturated carbocycles. The van der Waals surface area contributed by atoms with Crippen molar-refractivity contribution in [3.05, 3.63) is 0 Å². The van der Waals surface area contributed by atoms with Crippen LogP contribution in [0, 0.1) is 0 Å². The number of thioether (sulfide) groups is 1. The molecule has 1 rings (SSSR count). The van der Waals surface area contributed by atoms with Crippen LogP contribution >= 0.6 is 11.8 Å². The van der Waals surface area contributed by atoms with Crippen molar-refractivity contribution in [3.63, 3.8) is 0 Å². The summed E-state index contributed by atoms with van der Waals surface area (Å²) >= 11 is 1.91. The van der Waals surface area contributed by atoms with Gasteiger partial charge in [0.15, 0.2) is 0 Å². The first-order valence-corrected chi connectivity index (χ1v) is 7.77. The van der Waals surface area contributed by atoms with Gasteiger partial charge in [0.05, 0.1) is 5.54 Å². The molecule has 0 heterocycles. The Labute approximate surface area is 109 Å². The fourth-order valence-corrected chi connectivity index (χ4v) is 3.37. The van der Waals surface area contributed by atoms with Crippen molar-refractivity contribution in [1.29, 1.82) is 0 Å². The predicted molar refractivity (Wildman–Crippen MR) is 75.5 cm³/mol. The van der Waals surface area contributed by atoms with E-state index in [1.54, 1.807) is 0 Å². The zero-order valence-corrected chi connectivity index (χ0v) is 12.4. The minimum atomic E-state index is -0.465. The number of hydrogen-bond donors (Lipinski definition) is 2. The van der Waals surface area contributed by atoms with E-state index in [1.807, 2.05) is 32.5 Å². The second-order valence-electron chi connectivity index (χ2n) is 5.43. The molecule has 0 aromatic rings. The van der Waals surface area contributed by atoms with Crippen LogP contribution < -0.4 is 10.6 Å². The monoisotopic (exact) mass is 258 g/mol. The van der Waals surface area contributed by atoms with Crippen LogP contribution in [0.5, 0.6) is 0 Å². The summed E-state index contributed by atoms with van der Waals surface area (Å²) in [7, 11) is 0. The Morgan fingerprint density at radius 2 is 1.94 bits per heavy atom. The second-order valence-corrected chi connectivity index (χ2v) is 6.71. The van der Waals surface area contributed by atoms with E-state index in [0.717, 1.165) is 13.1 Å². The number of carbonyl (C=O) groups excluding carboxylic acids is 1. The topological polar surface area (TPSA) is 41.1 Å². The van der Waals surface area contributed by atoms with Gasteiger partial charge in [0, 0.05) is 11.3 Å². The molecule has 0 aromatic carbocycles. The molecule has 100 valence electrons. The summed E-state index contributed by atoms with van der Waals surface area (Å²) in [5.41, 5.74) is -0.465. The predicted octanol–water partition coefficient (Wildman–Crippen LogP) is 2.17. The van der Waals surface area contributed by atoms with Gasteiger partial charge in [-0.2, -0.15) is 11.8 Å². The van der Waals surface area contributed by atoms with Crippen LogP contribution in [0.2, 0.25) is 0 Å². The number of carbonyl (C=O) groups is 1. The van der Waals surface area contributed by atoms with Gasteiger partial charge in [-0.05, 0) is 39.5 Å². The Kier molecular flexibility index (Phi) is 5.32. The maximum absolute atomic E-state index is 12.1. The molecule has 0 bridgehead atoms. The van der Waals surface area contributed by atoms with Crippen LogP contribution in [0.15, 0.2) is 0 Å². The van der Waals surface area contributed by atoms with Crippen molar-refractivity contribution in [2.45, 2.75) is 56.7 Å². The van der Waals surface area contributed by atoms with Gasteiger partial charge in [0.2, 0.25) is 5.91 Å². The third-order valence-electron chi connectivity index (χ3n) is 3.71. The zero-order valence-electron chi connectivity index (χ0n) is 11.6. The lowest BCUT2D eigenvalue weighted by molar-refractivity contribution is -0.126. The lowest BCUT2D eigenvalue weighted by atomic mass is 10.0. The SMILES string of the molecule is CCNC(C)(C)C(=O)NCC1(SC)CCCC1. The van der Waals surface area contributed by atoms with Crippen LogP contribution in [-0.2, 0) is 4.79 Å². The summed E-state index contributed by atoms with van der Waals surface area (Å²) in [6.07, 6.45) is 7.22. The van der Waals surface area contributed by atoms with Crippen molar-refractivity contribution in [3.8, 4) is 0 Å². The van der Waals surface area contributed by atoms with Gasteiger partial charge in [-0.1, -0.05) is 19.8 Å². The molecule has 0 saturated heterocycles. The Bertz CT molecular complexity index is 260. The average molecular weight is 258 g/mol. The van der Waals surface area contributed by atoms with E-state index in [-0.39, 0.29) is 10.7 Å². The Morgan fingerprint density at radius 1 is 1.35 bits per heavy atom. The third kappa shape index (κ3) is 3.88. The van der Waals surface area contributed by atoms with E-state index in [0.29, 0.717) is 0 Å². The van der Waals surface area contributed by atoms with E-state index in [2.05, 4.69) is 16.9 Å². The Morgan fingerprint density at radius 3 is 2.41 bits per heavy atom. The van der Waals surface area contributed by atoms with Gasteiger partial charge in [-0.25, -0.2) is 0 Å². The molecule has 17 heavy (non-hydrogen) atoms. The number of likely N-dealkylation sites (N-methyl/N-ethyl adjacent to an activating group) is 1. The molecule has 0 aliphatic heterocycles. The maximum Gasteiger partial charge on any atom is 0.239 e. The molecule has 1 fully saturated rings. The van der Waals surface area contributed by atoms with E-state index < -0.39 is 5.54 Å². The minimum absolute atomic E-state index is 0.111. The third-order valence-corrected chi connectivity index (χ3v) is 5.12. The molecule has 0 aromatic heterocycles. The van der Waals surface area contributed by atoms with E-state index >= 15 is 0 Å². The highest BCUT2D eigenvalue weighted by Gasteiger charge is 2.35. The summed E-state index contributed by atoms with van der Waals surface area (Å²) in [4.78, 5) is 12.1. The van der Waals surface area contributed by atoms with Crippen molar-refractivity contribution in [2.75, 3.05) is 19.3 Å². The first-order valence-electron chi connectivity index (χ1n) is 6.54. The average Bonchev–Trinajstić information content (AvgIpc) is 2.75. The molecule has 0 radical (unpaired) electrons. The van der Waals surface area contributed by atoms with Crippen LogP contribution in [0.25, 0.3) is 0 Å². The molecular weight excluding hydrogens is 232 g/mol. The van der Waals surface area contributed by atoms with Gasteiger partial charge in [-0.15, -0.1) is 0 Å². The zero-order chi connectivity index (χ0) is 12.9. The van der Waals surface area contributed by atoms with Crippen LogP contribution in [0.1, 0.15) is 46.5 Å². The summed E-state index contributed by atoms with van der Waals surface area (Å²) in [5.74, 6) is 0.111. The number of nitrogens with one attached hydrogen (secondary N) is 2. The van der Waals surface area contributed by atoms with Gasteiger partial charge in [0.1, 0.15) is 0 Å². The summed E-state index contributed by atoms with van der Waals surface area (Å²) in [5, 5.41) is 6.33. The highest BCUT2D eigenvalue weighted by atomic mass is 32.2. The van der Waals surface area contributed by atoms with Gasteiger partial charge < -0.3 is 10.6 Å². The lowest BCUT2D eigenvalue weighted by Crippen LogP contribution is -2.54. The number of hydrogen-bond acceptors (Lipinski definition) is 3. The molecule has 2 N–H and O–H groups in total. The molecule has 1 aliphatic rings. The van der Waals surface area contributed by atoms with Crippen molar-refractivity contribution >= 4 is 17.7 Å². The molecular formula is C13H26N2OS.